The molecule has 6 atom stereocenters. The van der Waals surface area contributed by atoms with Crippen LogP contribution in [0, 0.1) is 34.5 Å². The summed E-state index contributed by atoms with van der Waals surface area (Å²) in [6.45, 7) is 20.6. The van der Waals surface area contributed by atoms with E-state index in [1.165, 1.54) is 7.11 Å². The van der Waals surface area contributed by atoms with Crippen molar-refractivity contribution in [3.05, 3.63) is 46.5 Å². The Kier molecular flexibility index (Phi) is 9.63. The van der Waals surface area contributed by atoms with E-state index in [4.69, 9.17) is 14.2 Å². The Bertz CT molecular complexity index is 1150. The van der Waals surface area contributed by atoms with E-state index in [1.807, 2.05) is 34.6 Å². The summed E-state index contributed by atoms with van der Waals surface area (Å²) in [4.78, 5) is 41.7. The fourth-order valence-corrected chi connectivity index (χ4v) is 7.12. The molecule has 1 saturated heterocycles. The highest BCUT2D eigenvalue weighted by molar-refractivity contribution is 6.12. The molecule has 6 heteroatoms. The SMILES string of the molecule is C=C(C)[C@@H]1C[C@@H](C[C@]2(CC=C(C)C)C(=O)C([C@@H](CCC)CC(=O)OC)=C3O[C@H](C)[C@@H](C)C(=O)C3=C2OC)C1(C)C. The first-order valence-corrected chi connectivity index (χ1v) is 14.8. The molecule has 1 aliphatic heterocycles. The highest BCUT2D eigenvalue weighted by Gasteiger charge is 2.59. The van der Waals surface area contributed by atoms with Crippen molar-refractivity contribution in [2.45, 2.75) is 100 Å². The van der Waals surface area contributed by atoms with Gasteiger partial charge < -0.3 is 14.2 Å². The second kappa shape index (κ2) is 12.1. The summed E-state index contributed by atoms with van der Waals surface area (Å²) in [5, 5.41) is 0. The van der Waals surface area contributed by atoms with Crippen LogP contribution in [-0.2, 0) is 28.6 Å². The van der Waals surface area contributed by atoms with Gasteiger partial charge in [-0.05, 0) is 70.6 Å². The van der Waals surface area contributed by atoms with E-state index >= 15 is 4.79 Å². The van der Waals surface area contributed by atoms with Crippen LogP contribution in [0.2, 0.25) is 0 Å². The van der Waals surface area contributed by atoms with Crippen molar-refractivity contribution < 1.29 is 28.6 Å². The number of carbonyl (C=O) groups is 3. The van der Waals surface area contributed by atoms with Gasteiger partial charge in [0.05, 0.1) is 37.5 Å². The number of methoxy groups -OCH3 is 2. The molecule has 1 saturated carbocycles. The lowest BCUT2D eigenvalue weighted by molar-refractivity contribution is -0.141. The molecule has 0 aromatic rings. The van der Waals surface area contributed by atoms with Crippen molar-refractivity contribution in [2.24, 2.45) is 34.5 Å². The first-order chi connectivity index (χ1) is 18.7. The van der Waals surface area contributed by atoms with Crippen molar-refractivity contribution in [1.82, 2.24) is 0 Å². The van der Waals surface area contributed by atoms with Crippen LogP contribution in [0.4, 0.5) is 0 Å². The number of hydrogen-bond donors (Lipinski definition) is 0. The molecule has 2 aliphatic carbocycles. The van der Waals surface area contributed by atoms with Gasteiger partial charge in [0.15, 0.2) is 11.6 Å². The van der Waals surface area contributed by atoms with Crippen molar-refractivity contribution in [1.29, 1.82) is 0 Å². The van der Waals surface area contributed by atoms with Crippen LogP contribution in [0.15, 0.2) is 46.5 Å². The van der Waals surface area contributed by atoms with Crippen LogP contribution in [0.1, 0.15) is 93.9 Å². The quantitative estimate of drug-likeness (QED) is 0.197. The molecule has 0 unspecified atom stereocenters. The van der Waals surface area contributed by atoms with Gasteiger partial charge in [-0.15, -0.1) is 0 Å². The van der Waals surface area contributed by atoms with Gasteiger partial charge in [0.25, 0.3) is 0 Å². The maximum atomic E-state index is 15.1. The number of allylic oxidation sites excluding steroid dienone is 6. The molecular formula is C34H50O6. The Morgan fingerprint density at radius 3 is 2.33 bits per heavy atom. The van der Waals surface area contributed by atoms with E-state index < -0.39 is 23.4 Å². The monoisotopic (exact) mass is 554 g/mol. The van der Waals surface area contributed by atoms with E-state index in [0.29, 0.717) is 47.8 Å². The first-order valence-electron chi connectivity index (χ1n) is 14.8. The maximum Gasteiger partial charge on any atom is 0.306 e. The predicted octanol–water partition coefficient (Wildman–Crippen LogP) is 7.30. The van der Waals surface area contributed by atoms with Gasteiger partial charge in [-0.1, -0.05) is 57.9 Å². The molecule has 0 amide bonds. The lowest BCUT2D eigenvalue weighted by atomic mass is 9.48. The first kappa shape index (κ1) is 31.9. The third-order valence-electron chi connectivity index (χ3n) is 9.89. The number of Topliss-reactive ketones (excluding diaryl/α,β-unsaturated/α-hetero) is 2. The number of hydrogen-bond acceptors (Lipinski definition) is 6. The van der Waals surface area contributed by atoms with E-state index in [2.05, 4.69) is 33.4 Å². The Morgan fingerprint density at radius 2 is 1.82 bits per heavy atom. The molecule has 0 N–H and O–H groups in total. The molecule has 0 radical (unpaired) electrons. The second-order valence-corrected chi connectivity index (χ2v) is 13.1. The zero-order chi connectivity index (χ0) is 30.2. The minimum atomic E-state index is -1.08. The Balaban J connectivity index is 2.33. The molecule has 3 aliphatic rings. The summed E-state index contributed by atoms with van der Waals surface area (Å²) in [7, 11) is 2.92. The molecule has 222 valence electrons. The number of ether oxygens (including phenoxy) is 3. The molecule has 0 aromatic heterocycles. The third-order valence-corrected chi connectivity index (χ3v) is 9.89. The number of esters is 1. The lowest BCUT2D eigenvalue weighted by Gasteiger charge is -2.56. The largest absolute Gasteiger partial charge is 0.499 e. The average Bonchev–Trinajstić information content (AvgIpc) is 2.88. The number of fused-ring (bicyclic) bond motifs is 1. The number of ketones is 2. The zero-order valence-electron chi connectivity index (χ0n) is 26.4. The number of carbonyl (C=O) groups excluding carboxylic acids is 3. The smallest absolute Gasteiger partial charge is 0.306 e. The van der Waals surface area contributed by atoms with Gasteiger partial charge in [0.1, 0.15) is 17.6 Å². The molecule has 3 rings (SSSR count). The maximum absolute atomic E-state index is 15.1. The van der Waals surface area contributed by atoms with Crippen molar-refractivity contribution in [2.75, 3.05) is 14.2 Å². The highest BCUT2D eigenvalue weighted by atomic mass is 16.5. The minimum Gasteiger partial charge on any atom is -0.499 e. The van der Waals surface area contributed by atoms with Crippen LogP contribution >= 0.6 is 0 Å². The summed E-state index contributed by atoms with van der Waals surface area (Å²) in [5.74, 6) is -0.0496. The average molecular weight is 555 g/mol. The predicted molar refractivity (Wildman–Crippen MR) is 157 cm³/mol. The van der Waals surface area contributed by atoms with Crippen molar-refractivity contribution in [3.8, 4) is 0 Å². The van der Waals surface area contributed by atoms with Crippen LogP contribution in [0.3, 0.4) is 0 Å². The molecule has 6 nitrogen and oxygen atoms in total. The van der Waals surface area contributed by atoms with Crippen molar-refractivity contribution >= 4 is 17.5 Å². The molecule has 1 heterocycles. The molecule has 0 bridgehead atoms. The molecular weight excluding hydrogens is 504 g/mol. The lowest BCUT2D eigenvalue weighted by Crippen LogP contribution is -2.52. The summed E-state index contributed by atoms with van der Waals surface area (Å²) < 4.78 is 17.6. The van der Waals surface area contributed by atoms with E-state index in [1.54, 1.807) is 7.11 Å². The third kappa shape index (κ3) is 5.47. The van der Waals surface area contributed by atoms with Crippen LogP contribution in [-0.4, -0.2) is 37.9 Å². The van der Waals surface area contributed by atoms with Gasteiger partial charge in [-0.2, -0.15) is 0 Å². The van der Waals surface area contributed by atoms with Gasteiger partial charge in [-0.25, -0.2) is 0 Å². The van der Waals surface area contributed by atoms with Crippen LogP contribution in [0.25, 0.3) is 0 Å². The summed E-state index contributed by atoms with van der Waals surface area (Å²) in [6.07, 6.45) is 4.98. The second-order valence-electron chi connectivity index (χ2n) is 13.1. The summed E-state index contributed by atoms with van der Waals surface area (Å²) in [5.41, 5.74) is 1.94. The summed E-state index contributed by atoms with van der Waals surface area (Å²) in [6, 6.07) is 0. The molecule has 0 aromatic carbocycles. The highest BCUT2D eigenvalue weighted by Crippen LogP contribution is 2.61. The van der Waals surface area contributed by atoms with Gasteiger partial charge in [0, 0.05) is 11.5 Å². The van der Waals surface area contributed by atoms with Crippen molar-refractivity contribution in [3.63, 3.8) is 0 Å². The van der Waals surface area contributed by atoms with Gasteiger partial charge in [-0.3, -0.25) is 14.4 Å². The van der Waals surface area contributed by atoms with Gasteiger partial charge in [0.2, 0.25) is 0 Å². The number of rotatable bonds is 11. The Morgan fingerprint density at radius 1 is 1.18 bits per heavy atom. The van der Waals surface area contributed by atoms with E-state index in [-0.39, 0.29) is 35.3 Å². The van der Waals surface area contributed by atoms with E-state index in [9.17, 15) is 9.59 Å². The van der Waals surface area contributed by atoms with E-state index in [0.717, 1.165) is 24.0 Å². The van der Waals surface area contributed by atoms with Crippen LogP contribution < -0.4 is 0 Å². The summed E-state index contributed by atoms with van der Waals surface area (Å²) >= 11 is 0. The normalized spacial score (nSPS) is 30.1. The van der Waals surface area contributed by atoms with Crippen LogP contribution in [0.5, 0.6) is 0 Å². The standard InChI is InChI=1S/C34H50O6/c1-12-13-23(16-26(35)38-10)27-30-28(29(36)21(6)22(7)40-30)32(39-11)34(31(27)37,15-14-19(2)3)18-24-17-25(20(4)5)33(24,8)9/h14,21-25H,4,12-13,15-18H2,1-3,5-11H3/t21-,22-,23+,24+,25+,34-/m1/s1. The fourth-order valence-electron chi connectivity index (χ4n) is 7.12. The zero-order valence-corrected chi connectivity index (χ0v) is 26.4. The Labute approximate surface area is 241 Å². The molecule has 40 heavy (non-hydrogen) atoms. The fraction of sp³-hybridized carbons (Fsp3) is 0.676. The Hall–Kier alpha value is -2.63. The molecule has 0 spiro atoms. The molecule has 2 fully saturated rings. The minimum absolute atomic E-state index is 0.0529. The topological polar surface area (TPSA) is 78.9 Å². The van der Waals surface area contributed by atoms with Gasteiger partial charge >= 0.3 is 5.97 Å².